The predicted molar refractivity (Wildman–Crippen MR) is 119 cm³/mol. The molecule has 0 aliphatic carbocycles. The summed E-state index contributed by atoms with van der Waals surface area (Å²) in [7, 11) is 0. The van der Waals surface area contributed by atoms with E-state index in [2.05, 4.69) is 42.7 Å². The van der Waals surface area contributed by atoms with Crippen LogP contribution < -0.4 is 10.6 Å². The van der Waals surface area contributed by atoms with Gasteiger partial charge in [-0.1, -0.05) is 19.1 Å². The zero-order valence-corrected chi connectivity index (χ0v) is 17.8. The minimum Gasteiger partial charge on any atom is -0.426 e. The number of hydrogen-bond acceptors (Lipinski definition) is 8. The number of benzene rings is 1. The largest absolute Gasteiger partial charge is 0.426 e. The molecule has 1 amide bonds. The Morgan fingerprint density at radius 2 is 1.91 bits per heavy atom. The second-order valence-electron chi connectivity index (χ2n) is 7.35. The van der Waals surface area contributed by atoms with Crippen LogP contribution in [0.1, 0.15) is 46.2 Å². The second-order valence-corrected chi connectivity index (χ2v) is 7.35. The first-order chi connectivity index (χ1) is 15.6. The summed E-state index contributed by atoms with van der Waals surface area (Å²) in [6.45, 7) is 4.31. The summed E-state index contributed by atoms with van der Waals surface area (Å²) >= 11 is 0. The molecule has 0 aliphatic heterocycles. The third kappa shape index (κ3) is 5.31. The highest BCUT2D eigenvalue weighted by Crippen LogP contribution is 2.22. The zero-order valence-electron chi connectivity index (χ0n) is 17.8. The highest BCUT2D eigenvalue weighted by molar-refractivity contribution is 6.07. The Balaban J connectivity index is 1.39. The Hall–Kier alpha value is -4.14. The van der Waals surface area contributed by atoms with Crippen molar-refractivity contribution in [3.05, 3.63) is 89.8 Å². The van der Waals surface area contributed by atoms with Gasteiger partial charge in [-0.15, -0.1) is 10.2 Å². The van der Waals surface area contributed by atoms with Crippen LogP contribution in [0.2, 0.25) is 0 Å². The second kappa shape index (κ2) is 9.78. The highest BCUT2D eigenvalue weighted by atomic mass is 16.4. The van der Waals surface area contributed by atoms with Gasteiger partial charge in [0.15, 0.2) is 0 Å². The molecule has 4 rings (SSSR count). The van der Waals surface area contributed by atoms with Gasteiger partial charge < -0.3 is 15.1 Å². The molecule has 0 saturated carbocycles. The van der Waals surface area contributed by atoms with Crippen molar-refractivity contribution < 1.29 is 9.21 Å². The van der Waals surface area contributed by atoms with Crippen molar-refractivity contribution in [2.24, 2.45) is 0 Å². The molecule has 1 atom stereocenters. The molecule has 3 heterocycles. The number of hydrogen-bond donors (Lipinski definition) is 2. The third-order valence-corrected chi connectivity index (χ3v) is 4.92. The van der Waals surface area contributed by atoms with Gasteiger partial charge in [0, 0.05) is 31.4 Å². The van der Waals surface area contributed by atoms with Crippen LogP contribution in [0, 0.1) is 6.92 Å². The van der Waals surface area contributed by atoms with Crippen molar-refractivity contribution in [1.82, 2.24) is 25.1 Å². The standard InChI is InChI=1S/C23H23N7O2/c1-15(12-21-30-29-16(2)32-21)17-5-7-18(8-6-17)28-23(31)20-4-3-10-25-22(20)26-13-19-9-11-24-14-27-19/h3-11,14-15H,12-13H2,1-2H3,(H,25,26)(H,28,31). The van der Waals surface area contributed by atoms with E-state index in [4.69, 9.17) is 4.42 Å². The van der Waals surface area contributed by atoms with Gasteiger partial charge in [0.1, 0.15) is 12.1 Å². The monoisotopic (exact) mass is 429 g/mol. The smallest absolute Gasteiger partial charge is 0.259 e. The Morgan fingerprint density at radius 1 is 1.06 bits per heavy atom. The SMILES string of the molecule is Cc1nnc(CC(C)c2ccc(NC(=O)c3cccnc3NCc3ccncn3)cc2)o1. The van der Waals surface area contributed by atoms with Crippen LogP contribution in [-0.2, 0) is 13.0 Å². The molecule has 0 fully saturated rings. The summed E-state index contributed by atoms with van der Waals surface area (Å²) in [6.07, 6.45) is 5.45. The van der Waals surface area contributed by atoms with Crippen LogP contribution in [0.3, 0.4) is 0 Å². The van der Waals surface area contributed by atoms with Gasteiger partial charge in [0.2, 0.25) is 11.8 Å². The van der Waals surface area contributed by atoms with Gasteiger partial charge in [0.25, 0.3) is 5.91 Å². The van der Waals surface area contributed by atoms with Crippen LogP contribution in [0.25, 0.3) is 0 Å². The molecule has 3 aromatic heterocycles. The molecule has 162 valence electrons. The van der Waals surface area contributed by atoms with E-state index in [1.54, 1.807) is 37.5 Å². The molecule has 1 unspecified atom stereocenters. The van der Waals surface area contributed by atoms with Gasteiger partial charge in [-0.25, -0.2) is 15.0 Å². The number of aromatic nitrogens is 5. The molecule has 9 nitrogen and oxygen atoms in total. The first kappa shape index (κ1) is 21.1. The Morgan fingerprint density at radius 3 is 2.62 bits per heavy atom. The number of carbonyl (C=O) groups is 1. The molecule has 9 heteroatoms. The molecular weight excluding hydrogens is 406 g/mol. The van der Waals surface area contributed by atoms with E-state index >= 15 is 0 Å². The summed E-state index contributed by atoms with van der Waals surface area (Å²) in [5.41, 5.74) is 3.07. The lowest BCUT2D eigenvalue weighted by Gasteiger charge is -2.13. The number of rotatable bonds is 8. The normalized spacial score (nSPS) is 11.7. The maximum Gasteiger partial charge on any atom is 0.259 e. The minimum absolute atomic E-state index is 0.204. The average Bonchev–Trinajstić information content (AvgIpc) is 3.23. The van der Waals surface area contributed by atoms with Gasteiger partial charge in [-0.05, 0) is 41.8 Å². The molecule has 1 aromatic carbocycles. The molecule has 0 radical (unpaired) electrons. The molecule has 0 bridgehead atoms. The number of nitrogens with zero attached hydrogens (tertiary/aromatic N) is 5. The maximum absolute atomic E-state index is 12.9. The van der Waals surface area contributed by atoms with Gasteiger partial charge in [-0.3, -0.25) is 4.79 Å². The predicted octanol–water partition coefficient (Wildman–Crippen LogP) is 3.77. The first-order valence-corrected chi connectivity index (χ1v) is 10.2. The topological polar surface area (TPSA) is 119 Å². The lowest BCUT2D eigenvalue weighted by Crippen LogP contribution is -2.16. The Bertz CT molecular complexity index is 1180. The van der Waals surface area contributed by atoms with E-state index in [0.29, 0.717) is 41.8 Å². The zero-order chi connectivity index (χ0) is 22.3. The van der Waals surface area contributed by atoms with Crippen molar-refractivity contribution in [1.29, 1.82) is 0 Å². The maximum atomic E-state index is 12.9. The molecular formula is C23H23N7O2. The molecule has 32 heavy (non-hydrogen) atoms. The van der Waals surface area contributed by atoms with Gasteiger partial charge >= 0.3 is 0 Å². The van der Waals surface area contributed by atoms with E-state index < -0.39 is 0 Å². The fraction of sp³-hybridized carbons (Fsp3) is 0.217. The summed E-state index contributed by atoms with van der Waals surface area (Å²) in [5.74, 6) is 1.63. The van der Waals surface area contributed by atoms with Crippen LogP contribution in [0.5, 0.6) is 0 Å². The quantitative estimate of drug-likeness (QED) is 0.434. The van der Waals surface area contributed by atoms with Gasteiger partial charge in [0.05, 0.1) is 17.8 Å². The van der Waals surface area contributed by atoms with Gasteiger partial charge in [-0.2, -0.15) is 0 Å². The molecule has 2 N–H and O–H groups in total. The van der Waals surface area contributed by atoms with E-state index in [1.807, 2.05) is 24.3 Å². The van der Waals surface area contributed by atoms with Crippen molar-refractivity contribution >= 4 is 17.4 Å². The highest BCUT2D eigenvalue weighted by Gasteiger charge is 2.14. The van der Waals surface area contributed by atoms with Crippen LogP contribution >= 0.6 is 0 Å². The molecule has 0 spiro atoms. The number of aryl methyl sites for hydroxylation is 1. The number of anilines is 2. The first-order valence-electron chi connectivity index (χ1n) is 10.2. The van der Waals surface area contributed by atoms with Crippen LogP contribution in [0.15, 0.2) is 65.6 Å². The van der Waals surface area contributed by atoms with E-state index in [1.165, 1.54) is 6.33 Å². The third-order valence-electron chi connectivity index (χ3n) is 4.92. The number of nitrogens with one attached hydrogen (secondary N) is 2. The summed E-state index contributed by atoms with van der Waals surface area (Å²) in [4.78, 5) is 25.2. The lowest BCUT2D eigenvalue weighted by atomic mass is 9.97. The van der Waals surface area contributed by atoms with Crippen LogP contribution in [0.4, 0.5) is 11.5 Å². The number of pyridine rings is 1. The van der Waals surface area contributed by atoms with E-state index in [9.17, 15) is 4.79 Å². The summed E-state index contributed by atoms with van der Waals surface area (Å²) in [6, 6.07) is 13.0. The fourth-order valence-electron chi connectivity index (χ4n) is 3.22. The van der Waals surface area contributed by atoms with Crippen molar-refractivity contribution in [3.63, 3.8) is 0 Å². The number of carbonyl (C=O) groups excluding carboxylic acids is 1. The minimum atomic E-state index is -0.245. The van der Waals surface area contributed by atoms with Crippen LogP contribution in [-0.4, -0.2) is 31.1 Å². The van der Waals surface area contributed by atoms with Crippen molar-refractivity contribution in [3.8, 4) is 0 Å². The fourth-order valence-corrected chi connectivity index (χ4v) is 3.22. The average molecular weight is 429 g/mol. The summed E-state index contributed by atoms with van der Waals surface area (Å²) in [5, 5.41) is 14.0. The van der Waals surface area contributed by atoms with Crippen molar-refractivity contribution in [2.45, 2.75) is 32.7 Å². The Labute approximate surface area is 185 Å². The Kier molecular flexibility index (Phi) is 6.45. The summed E-state index contributed by atoms with van der Waals surface area (Å²) < 4.78 is 5.46. The molecule has 0 aliphatic rings. The molecule has 0 saturated heterocycles. The van der Waals surface area contributed by atoms with E-state index in [-0.39, 0.29) is 11.8 Å². The van der Waals surface area contributed by atoms with E-state index in [0.717, 1.165) is 11.3 Å². The lowest BCUT2D eigenvalue weighted by molar-refractivity contribution is 0.102. The van der Waals surface area contributed by atoms with Crippen molar-refractivity contribution in [2.75, 3.05) is 10.6 Å². The number of amides is 1. The molecule has 4 aromatic rings.